The minimum absolute atomic E-state index is 0.0400. The second kappa shape index (κ2) is 3.37. The van der Waals surface area contributed by atoms with Crippen LogP contribution in [0.4, 0.5) is 0 Å². The van der Waals surface area contributed by atoms with E-state index in [-0.39, 0.29) is 17.3 Å². The zero-order valence-electron chi connectivity index (χ0n) is 9.10. The van der Waals surface area contributed by atoms with Gasteiger partial charge in [-0.1, -0.05) is 44.2 Å². The van der Waals surface area contributed by atoms with Gasteiger partial charge in [0, 0.05) is 0 Å². The fourth-order valence-corrected chi connectivity index (χ4v) is 2.48. The van der Waals surface area contributed by atoms with Gasteiger partial charge >= 0.3 is 5.97 Å². The Hall–Kier alpha value is -1.31. The van der Waals surface area contributed by atoms with Crippen molar-refractivity contribution in [2.75, 3.05) is 0 Å². The molecule has 0 amide bonds. The Morgan fingerprint density at radius 3 is 2.40 bits per heavy atom. The summed E-state index contributed by atoms with van der Waals surface area (Å²) in [5.74, 6) is -0.531. The van der Waals surface area contributed by atoms with Gasteiger partial charge in [0.1, 0.15) is 0 Å². The minimum atomic E-state index is -0.652. The summed E-state index contributed by atoms with van der Waals surface area (Å²) in [6.07, 6.45) is 0.880. The molecule has 1 aromatic carbocycles. The van der Waals surface area contributed by atoms with Crippen molar-refractivity contribution in [3.63, 3.8) is 0 Å². The van der Waals surface area contributed by atoms with Crippen LogP contribution in [-0.4, -0.2) is 11.1 Å². The van der Waals surface area contributed by atoms with Crippen molar-refractivity contribution in [2.45, 2.75) is 20.3 Å². The highest BCUT2D eigenvalue weighted by molar-refractivity contribution is 5.75. The molecule has 15 heavy (non-hydrogen) atoms. The van der Waals surface area contributed by atoms with Crippen molar-refractivity contribution in [3.8, 4) is 0 Å². The lowest BCUT2D eigenvalue weighted by Gasteiger charge is -2.01. The van der Waals surface area contributed by atoms with Gasteiger partial charge in [0.25, 0.3) is 0 Å². The molecule has 0 spiro atoms. The molecule has 2 unspecified atom stereocenters. The zero-order valence-corrected chi connectivity index (χ0v) is 9.10. The molecule has 2 atom stereocenters. The van der Waals surface area contributed by atoms with E-state index in [1.165, 1.54) is 5.56 Å². The summed E-state index contributed by atoms with van der Waals surface area (Å²) >= 11 is 0. The van der Waals surface area contributed by atoms with Crippen LogP contribution in [0.1, 0.15) is 19.4 Å². The first-order valence-electron chi connectivity index (χ1n) is 5.30. The predicted molar refractivity (Wildman–Crippen MR) is 58.5 cm³/mol. The Morgan fingerprint density at radius 2 is 1.93 bits per heavy atom. The highest BCUT2D eigenvalue weighted by Crippen LogP contribution is 2.59. The van der Waals surface area contributed by atoms with Gasteiger partial charge in [-0.05, 0) is 23.3 Å². The molecule has 1 aliphatic rings. The number of benzene rings is 1. The molecule has 0 aromatic heterocycles. The number of carbonyl (C=O) groups is 1. The van der Waals surface area contributed by atoms with Crippen LogP contribution in [-0.2, 0) is 11.2 Å². The van der Waals surface area contributed by atoms with Crippen molar-refractivity contribution in [2.24, 2.45) is 17.3 Å². The molecular weight excluding hydrogens is 188 g/mol. The fourth-order valence-electron chi connectivity index (χ4n) is 2.48. The van der Waals surface area contributed by atoms with Crippen LogP contribution in [0, 0.1) is 17.3 Å². The molecule has 1 N–H and O–H groups in total. The van der Waals surface area contributed by atoms with Gasteiger partial charge in [0.2, 0.25) is 0 Å². The van der Waals surface area contributed by atoms with Gasteiger partial charge in [0.15, 0.2) is 0 Å². The molecule has 0 radical (unpaired) electrons. The van der Waals surface area contributed by atoms with E-state index in [0.29, 0.717) is 0 Å². The molecule has 1 aromatic rings. The lowest BCUT2D eigenvalue weighted by Crippen LogP contribution is -2.03. The number of carboxylic acid groups (broad SMARTS) is 1. The predicted octanol–water partition coefficient (Wildman–Crippen LogP) is 2.59. The molecule has 0 heterocycles. The quantitative estimate of drug-likeness (QED) is 0.821. The summed E-state index contributed by atoms with van der Waals surface area (Å²) in [4.78, 5) is 11.0. The summed E-state index contributed by atoms with van der Waals surface area (Å²) < 4.78 is 0. The Labute approximate surface area is 89.9 Å². The maximum absolute atomic E-state index is 11.0. The van der Waals surface area contributed by atoms with Gasteiger partial charge in [0.05, 0.1) is 5.92 Å². The van der Waals surface area contributed by atoms with Gasteiger partial charge in [-0.2, -0.15) is 0 Å². The van der Waals surface area contributed by atoms with Crippen molar-refractivity contribution >= 4 is 5.97 Å². The largest absolute Gasteiger partial charge is 0.481 e. The van der Waals surface area contributed by atoms with E-state index in [1.807, 2.05) is 32.0 Å². The number of aliphatic carboxylic acids is 1. The second-order valence-corrected chi connectivity index (χ2v) is 4.93. The molecule has 1 aliphatic carbocycles. The van der Waals surface area contributed by atoms with E-state index in [4.69, 9.17) is 5.11 Å². The maximum atomic E-state index is 11.0. The van der Waals surface area contributed by atoms with Crippen LogP contribution in [0.5, 0.6) is 0 Å². The molecule has 0 saturated heterocycles. The molecule has 0 aliphatic heterocycles. The highest BCUT2D eigenvalue weighted by Gasteiger charge is 2.61. The maximum Gasteiger partial charge on any atom is 0.307 e. The van der Waals surface area contributed by atoms with Crippen LogP contribution < -0.4 is 0 Å². The van der Waals surface area contributed by atoms with Crippen LogP contribution in [0.3, 0.4) is 0 Å². The number of rotatable bonds is 3. The highest BCUT2D eigenvalue weighted by atomic mass is 16.4. The Balaban J connectivity index is 2.07. The Kier molecular flexibility index (Phi) is 2.29. The average molecular weight is 204 g/mol. The normalized spacial score (nSPS) is 27.3. The molecule has 1 fully saturated rings. The van der Waals surface area contributed by atoms with E-state index >= 15 is 0 Å². The van der Waals surface area contributed by atoms with Crippen molar-refractivity contribution in [1.29, 1.82) is 0 Å². The third-order valence-corrected chi connectivity index (χ3v) is 3.61. The molecule has 80 valence electrons. The number of hydrogen-bond donors (Lipinski definition) is 1. The molecule has 2 heteroatoms. The van der Waals surface area contributed by atoms with E-state index < -0.39 is 5.97 Å². The summed E-state index contributed by atoms with van der Waals surface area (Å²) in [6.45, 7) is 4.08. The van der Waals surface area contributed by atoms with Crippen LogP contribution >= 0.6 is 0 Å². The van der Waals surface area contributed by atoms with Gasteiger partial charge in [-0.25, -0.2) is 0 Å². The first-order chi connectivity index (χ1) is 7.03. The fraction of sp³-hybridized carbons (Fsp3) is 0.462. The molecule has 2 rings (SSSR count). The van der Waals surface area contributed by atoms with E-state index in [0.717, 1.165) is 6.42 Å². The van der Waals surface area contributed by atoms with E-state index in [2.05, 4.69) is 12.1 Å². The summed E-state index contributed by atoms with van der Waals surface area (Å²) in [5.41, 5.74) is 1.20. The lowest BCUT2D eigenvalue weighted by atomic mass is 10.0. The third kappa shape index (κ3) is 1.76. The van der Waals surface area contributed by atoms with E-state index in [9.17, 15) is 4.79 Å². The van der Waals surface area contributed by atoms with Crippen molar-refractivity contribution in [3.05, 3.63) is 35.9 Å². The standard InChI is InChI=1S/C13H16O2/c1-13(2)10(11(13)12(14)15)8-9-6-4-3-5-7-9/h3-7,10-11H,8H2,1-2H3,(H,14,15). The SMILES string of the molecule is CC1(C)C(Cc2ccccc2)C1C(=O)O. The first-order valence-corrected chi connectivity index (χ1v) is 5.30. The summed E-state index contributed by atoms with van der Waals surface area (Å²) in [5, 5.41) is 9.04. The van der Waals surface area contributed by atoms with Gasteiger partial charge in [-0.15, -0.1) is 0 Å². The van der Waals surface area contributed by atoms with Crippen molar-refractivity contribution < 1.29 is 9.90 Å². The second-order valence-electron chi connectivity index (χ2n) is 4.93. The molecule has 2 nitrogen and oxygen atoms in total. The smallest absolute Gasteiger partial charge is 0.307 e. The summed E-state index contributed by atoms with van der Waals surface area (Å²) in [6, 6.07) is 10.1. The van der Waals surface area contributed by atoms with Gasteiger partial charge in [-0.3, -0.25) is 4.79 Å². The van der Waals surface area contributed by atoms with Crippen LogP contribution in [0.2, 0.25) is 0 Å². The molecular formula is C13H16O2. The minimum Gasteiger partial charge on any atom is -0.481 e. The topological polar surface area (TPSA) is 37.3 Å². The van der Waals surface area contributed by atoms with Gasteiger partial charge < -0.3 is 5.11 Å². The van der Waals surface area contributed by atoms with Crippen LogP contribution in [0.25, 0.3) is 0 Å². The number of hydrogen-bond acceptors (Lipinski definition) is 1. The summed E-state index contributed by atoms with van der Waals surface area (Å²) in [7, 11) is 0. The monoisotopic (exact) mass is 204 g/mol. The first kappa shape index (κ1) is 10.2. The Morgan fingerprint density at radius 1 is 1.33 bits per heavy atom. The zero-order chi connectivity index (χ0) is 11.1. The van der Waals surface area contributed by atoms with E-state index in [1.54, 1.807) is 0 Å². The van der Waals surface area contributed by atoms with Crippen LogP contribution in [0.15, 0.2) is 30.3 Å². The lowest BCUT2D eigenvalue weighted by molar-refractivity contribution is -0.139. The molecule has 1 saturated carbocycles. The third-order valence-electron chi connectivity index (χ3n) is 3.61. The average Bonchev–Trinajstić information content (AvgIpc) is 2.70. The molecule has 0 bridgehead atoms. The number of carboxylic acids is 1. The Bertz CT molecular complexity index is 367. The van der Waals surface area contributed by atoms with Crippen molar-refractivity contribution in [1.82, 2.24) is 0 Å².